The maximum atomic E-state index is 12.7. The SMILES string of the molecule is CC(O)CC1CCCCCN1C(=O)CC(C)CC(C)(C)C. The zero-order chi connectivity index (χ0) is 16.0. The first kappa shape index (κ1) is 18.5. The normalized spacial score (nSPS) is 23.5. The van der Waals surface area contributed by atoms with Crippen LogP contribution in [0.1, 0.15) is 79.6 Å². The zero-order valence-electron chi connectivity index (χ0n) is 14.7. The molecule has 0 aromatic carbocycles. The van der Waals surface area contributed by atoms with Crippen molar-refractivity contribution < 1.29 is 9.90 Å². The summed E-state index contributed by atoms with van der Waals surface area (Å²) in [6.45, 7) is 11.6. The lowest BCUT2D eigenvalue weighted by atomic mass is 9.84. The summed E-state index contributed by atoms with van der Waals surface area (Å²) in [5.41, 5.74) is 0.275. The molecule has 0 aromatic heterocycles. The molecule has 1 saturated heterocycles. The summed E-state index contributed by atoms with van der Waals surface area (Å²) >= 11 is 0. The summed E-state index contributed by atoms with van der Waals surface area (Å²) in [7, 11) is 0. The Balaban J connectivity index is 2.62. The van der Waals surface area contributed by atoms with Gasteiger partial charge in [0.2, 0.25) is 5.91 Å². The van der Waals surface area contributed by atoms with Gasteiger partial charge in [-0.2, -0.15) is 0 Å². The molecule has 1 aliphatic heterocycles. The van der Waals surface area contributed by atoms with Crippen LogP contribution in [0.5, 0.6) is 0 Å². The maximum absolute atomic E-state index is 12.7. The van der Waals surface area contributed by atoms with Crippen LogP contribution < -0.4 is 0 Å². The van der Waals surface area contributed by atoms with Crippen molar-refractivity contribution in [3.05, 3.63) is 0 Å². The van der Waals surface area contributed by atoms with Crippen LogP contribution in [0.15, 0.2) is 0 Å². The van der Waals surface area contributed by atoms with Crippen LogP contribution in [0.4, 0.5) is 0 Å². The second-order valence-corrected chi connectivity index (χ2v) is 8.25. The largest absolute Gasteiger partial charge is 0.393 e. The first-order valence-corrected chi connectivity index (χ1v) is 8.66. The van der Waals surface area contributed by atoms with Gasteiger partial charge in [0.1, 0.15) is 0 Å². The number of carbonyl (C=O) groups is 1. The zero-order valence-corrected chi connectivity index (χ0v) is 14.7. The first-order chi connectivity index (χ1) is 9.69. The molecule has 1 heterocycles. The average molecular weight is 297 g/mol. The fraction of sp³-hybridized carbons (Fsp3) is 0.944. The molecule has 0 saturated carbocycles. The fourth-order valence-corrected chi connectivity index (χ4v) is 3.68. The summed E-state index contributed by atoms with van der Waals surface area (Å²) in [6.07, 6.45) is 6.66. The van der Waals surface area contributed by atoms with E-state index < -0.39 is 0 Å². The van der Waals surface area contributed by atoms with E-state index >= 15 is 0 Å². The van der Waals surface area contributed by atoms with Gasteiger partial charge < -0.3 is 10.0 Å². The van der Waals surface area contributed by atoms with Crippen LogP contribution in [0.3, 0.4) is 0 Å². The Morgan fingerprint density at radius 2 is 1.90 bits per heavy atom. The summed E-state index contributed by atoms with van der Waals surface area (Å²) < 4.78 is 0. The minimum absolute atomic E-state index is 0.238. The third-order valence-electron chi connectivity index (χ3n) is 4.29. The predicted molar refractivity (Wildman–Crippen MR) is 88.1 cm³/mol. The lowest BCUT2D eigenvalue weighted by Gasteiger charge is -2.32. The van der Waals surface area contributed by atoms with E-state index in [0.29, 0.717) is 18.2 Å². The van der Waals surface area contributed by atoms with E-state index in [9.17, 15) is 9.90 Å². The molecule has 21 heavy (non-hydrogen) atoms. The van der Waals surface area contributed by atoms with Crippen molar-refractivity contribution in [3.63, 3.8) is 0 Å². The number of likely N-dealkylation sites (tertiary alicyclic amines) is 1. The molecular formula is C18H35NO2. The molecule has 1 aliphatic rings. The highest BCUT2D eigenvalue weighted by molar-refractivity contribution is 5.76. The Labute approximate surface area is 131 Å². The maximum Gasteiger partial charge on any atom is 0.223 e. The summed E-state index contributed by atoms with van der Waals surface area (Å²) in [5, 5.41) is 9.69. The lowest BCUT2D eigenvalue weighted by Crippen LogP contribution is -2.42. The average Bonchev–Trinajstić information content (AvgIpc) is 2.50. The van der Waals surface area contributed by atoms with Gasteiger partial charge in [0.25, 0.3) is 0 Å². The van der Waals surface area contributed by atoms with Crippen molar-refractivity contribution in [2.75, 3.05) is 6.54 Å². The molecule has 0 aromatic rings. The van der Waals surface area contributed by atoms with Gasteiger partial charge in [-0.05, 0) is 43.9 Å². The Bertz CT molecular complexity index is 320. The number of carbonyl (C=O) groups excluding carboxylic acids is 1. The fourth-order valence-electron chi connectivity index (χ4n) is 3.68. The van der Waals surface area contributed by atoms with Gasteiger partial charge in [0.15, 0.2) is 0 Å². The van der Waals surface area contributed by atoms with Gasteiger partial charge in [-0.1, -0.05) is 40.5 Å². The number of rotatable bonds is 5. The number of aliphatic hydroxyl groups is 1. The van der Waals surface area contributed by atoms with E-state index in [0.717, 1.165) is 32.2 Å². The summed E-state index contributed by atoms with van der Waals surface area (Å²) in [5.74, 6) is 0.715. The highest BCUT2D eigenvalue weighted by Gasteiger charge is 2.28. The first-order valence-electron chi connectivity index (χ1n) is 8.66. The van der Waals surface area contributed by atoms with E-state index in [2.05, 4.69) is 32.6 Å². The lowest BCUT2D eigenvalue weighted by molar-refractivity contribution is -0.135. The van der Waals surface area contributed by atoms with Crippen LogP contribution in [-0.4, -0.2) is 34.6 Å². The van der Waals surface area contributed by atoms with Crippen molar-refractivity contribution in [2.45, 2.75) is 91.7 Å². The molecule has 0 bridgehead atoms. The number of nitrogens with zero attached hydrogens (tertiary/aromatic N) is 1. The van der Waals surface area contributed by atoms with E-state index in [-0.39, 0.29) is 17.6 Å². The number of aliphatic hydroxyl groups excluding tert-OH is 1. The van der Waals surface area contributed by atoms with Crippen molar-refractivity contribution in [1.82, 2.24) is 4.90 Å². The number of hydrogen-bond donors (Lipinski definition) is 1. The van der Waals surface area contributed by atoms with Gasteiger partial charge in [-0.15, -0.1) is 0 Å². The third kappa shape index (κ3) is 7.30. The molecule has 3 unspecified atom stereocenters. The molecule has 0 aliphatic carbocycles. The Morgan fingerprint density at radius 1 is 1.24 bits per heavy atom. The molecule has 124 valence electrons. The Kier molecular flexibility index (Phi) is 7.19. The topological polar surface area (TPSA) is 40.5 Å². The van der Waals surface area contributed by atoms with Gasteiger partial charge in [-0.3, -0.25) is 4.79 Å². The highest BCUT2D eigenvalue weighted by Crippen LogP contribution is 2.28. The third-order valence-corrected chi connectivity index (χ3v) is 4.29. The molecular weight excluding hydrogens is 262 g/mol. The summed E-state index contributed by atoms with van der Waals surface area (Å²) in [6, 6.07) is 0.238. The molecule has 1 rings (SSSR count). The van der Waals surface area contributed by atoms with E-state index in [1.807, 2.05) is 6.92 Å². The highest BCUT2D eigenvalue weighted by atomic mass is 16.3. The monoisotopic (exact) mass is 297 g/mol. The van der Waals surface area contributed by atoms with Gasteiger partial charge in [0.05, 0.1) is 6.10 Å². The van der Waals surface area contributed by atoms with Crippen LogP contribution in [-0.2, 0) is 4.79 Å². The second kappa shape index (κ2) is 8.17. The van der Waals surface area contributed by atoms with Gasteiger partial charge >= 0.3 is 0 Å². The van der Waals surface area contributed by atoms with Crippen molar-refractivity contribution in [3.8, 4) is 0 Å². The van der Waals surface area contributed by atoms with Crippen LogP contribution in [0.25, 0.3) is 0 Å². The molecule has 1 fully saturated rings. The minimum Gasteiger partial charge on any atom is -0.393 e. The molecule has 1 N–H and O–H groups in total. The molecule has 3 atom stereocenters. The van der Waals surface area contributed by atoms with E-state index in [4.69, 9.17) is 0 Å². The molecule has 1 amide bonds. The molecule has 3 nitrogen and oxygen atoms in total. The quantitative estimate of drug-likeness (QED) is 0.833. The molecule has 3 heteroatoms. The smallest absolute Gasteiger partial charge is 0.223 e. The van der Waals surface area contributed by atoms with Crippen LogP contribution >= 0.6 is 0 Å². The van der Waals surface area contributed by atoms with Crippen molar-refractivity contribution in [1.29, 1.82) is 0 Å². The summed E-state index contributed by atoms with van der Waals surface area (Å²) in [4.78, 5) is 14.8. The Hall–Kier alpha value is -0.570. The van der Waals surface area contributed by atoms with Crippen LogP contribution in [0, 0.1) is 11.3 Å². The van der Waals surface area contributed by atoms with E-state index in [1.165, 1.54) is 12.8 Å². The molecule has 0 spiro atoms. The second-order valence-electron chi connectivity index (χ2n) is 8.25. The number of amides is 1. The Morgan fingerprint density at radius 3 is 2.48 bits per heavy atom. The number of hydrogen-bond acceptors (Lipinski definition) is 2. The van der Waals surface area contributed by atoms with Crippen LogP contribution in [0.2, 0.25) is 0 Å². The van der Waals surface area contributed by atoms with Crippen molar-refractivity contribution in [2.24, 2.45) is 11.3 Å². The minimum atomic E-state index is -0.324. The van der Waals surface area contributed by atoms with Gasteiger partial charge in [0, 0.05) is 19.0 Å². The van der Waals surface area contributed by atoms with Gasteiger partial charge in [-0.25, -0.2) is 0 Å². The molecule has 0 radical (unpaired) electrons. The van der Waals surface area contributed by atoms with Crippen molar-refractivity contribution >= 4 is 5.91 Å². The predicted octanol–water partition coefficient (Wildman–Crippen LogP) is 3.99. The standard InChI is InChI=1S/C18H35NO2/c1-14(13-18(3,4)5)11-17(21)19-10-8-6-7-9-16(19)12-15(2)20/h14-16,20H,6-13H2,1-5H3. The van der Waals surface area contributed by atoms with E-state index in [1.54, 1.807) is 0 Å².